The van der Waals surface area contributed by atoms with Crippen LogP contribution in [-0.2, 0) is 17.8 Å². The van der Waals surface area contributed by atoms with E-state index in [-0.39, 0.29) is 24.4 Å². The molecule has 1 aromatic carbocycles. The predicted octanol–water partition coefficient (Wildman–Crippen LogP) is 2.67. The Bertz CT molecular complexity index is 870. The molecule has 0 bridgehead atoms. The van der Waals surface area contributed by atoms with Gasteiger partial charge in [0.15, 0.2) is 6.61 Å². The van der Waals surface area contributed by atoms with Gasteiger partial charge in [0.1, 0.15) is 6.04 Å². The summed E-state index contributed by atoms with van der Waals surface area (Å²) in [6, 6.07) is 8.51. The Morgan fingerprint density at radius 2 is 1.93 bits per heavy atom. The van der Waals surface area contributed by atoms with Gasteiger partial charge >= 0.3 is 12.1 Å². The zero-order valence-electron chi connectivity index (χ0n) is 13.9. The number of aromatic nitrogens is 1. The lowest BCUT2D eigenvalue weighted by Gasteiger charge is -2.34. The third kappa shape index (κ3) is 4.36. The first kappa shape index (κ1) is 18.7. The molecule has 1 unspecified atom stereocenters. The van der Waals surface area contributed by atoms with E-state index in [9.17, 15) is 27.9 Å². The van der Waals surface area contributed by atoms with Crippen LogP contribution in [0.25, 0.3) is 0 Å². The summed E-state index contributed by atoms with van der Waals surface area (Å²) in [5.41, 5.74) is 1.68. The highest BCUT2D eigenvalue weighted by atomic mass is 19.4. The molecule has 1 amide bonds. The van der Waals surface area contributed by atoms with Gasteiger partial charge in [0, 0.05) is 30.8 Å². The molecule has 9 heteroatoms. The second-order valence-corrected chi connectivity index (χ2v) is 6.05. The Hall–Kier alpha value is -3.10. The fourth-order valence-electron chi connectivity index (χ4n) is 2.90. The van der Waals surface area contributed by atoms with Crippen LogP contribution in [0.5, 0.6) is 5.88 Å². The summed E-state index contributed by atoms with van der Waals surface area (Å²) in [4.78, 5) is 29.3. The summed E-state index contributed by atoms with van der Waals surface area (Å²) >= 11 is 0. The summed E-state index contributed by atoms with van der Waals surface area (Å²) in [5, 5.41) is 9.50. The van der Waals surface area contributed by atoms with Crippen molar-refractivity contribution in [2.45, 2.75) is 25.2 Å². The van der Waals surface area contributed by atoms with Crippen LogP contribution in [0, 0.1) is 0 Å². The third-order valence-electron chi connectivity index (χ3n) is 4.16. The molecule has 1 aromatic heterocycles. The molecule has 1 aliphatic rings. The number of hydrogen-bond donors (Lipinski definition) is 1. The number of alkyl halides is 3. The van der Waals surface area contributed by atoms with E-state index in [2.05, 4.69) is 9.72 Å². The maximum Gasteiger partial charge on any atom is 0.422 e. The van der Waals surface area contributed by atoms with Gasteiger partial charge in [0.25, 0.3) is 5.91 Å². The summed E-state index contributed by atoms with van der Waals surface area (Å²) in [5.74, 6) is -2.13. The first-order chi connectivity index (χ1) is 12.7. The Balaban J connectivity index is 1.84. The summed E-state index contributed by atoms with van der Waals surface area (Å²) in [6.07, 6.45) is -3.24. The number of ether oxygens (including phenoxy) is 1. The zero-order chi connectivity index (χ0) is 19.6. The molecule has 1 atom stereocenters. The highest BCUT2D eigenvalue weighted by molar-refractivity contribution is 5.97. The number of fused-ring (bicyclic) bond motifs is 1. The topological polar surface area (TPSA) is 79.7 Å². The van der Waals surface area contributed by atoms with Gasteiger partial charge in [0.2, 0.25) is 5.88 Å². The molecule has 2 heterocycles. The van der Waals surface area contributed by atoms with Crippen molar-refractivity contribution < 1.29 is 32.6 Å². The highest BCUT2D eigenvalue weighted by Crippen LogP contribution is 2.26. The molecule has 0 saturated carbocycles. The Labute approximate surface area is 152 Å². The molecule has 0 aliphatic carbocycles. The van der Waals surface area contributed by atoms with E-state index in [4.69, 9.17) is 0 Å². The van der Waals surface area contributed by atoms with Gasteiger partial charge in [-0.3, -0.25) is 4.79 Å². The Kier molecular flexibility index (Phi) is 5.02. The minimum absolute atomic E-state index is 0.00723. The van der Waals surface area contributed by atoms with Crippen molar-refractivity contribution in [3.63, 3.8) is 0 Å². The van der Waals surface area contributed by atoms with E-state index >= 15 is 0 Å². The number of carbonyl (C=O) groups excluding carboxylic acids is 1. The number of pyridine rings is 1. The second-order valence-electron chi connectivity index (χ2n) is 6.05. The first-order valence-electron chi connectivity index (χ1n) is 8.01. The number of carbonyl (C=O) groups is 2. The smallest absolute Gasteiger partial charge is 0.422 e. The Morgan fingerprint density at radius 3 is 2.59 bits per heavy atom. The Morgan fingerprint density at radius 1 is 1.22 bits per heavy atom. The number of rotatable bonds is 4. The van der Waals surface area contributed by atoms with Crippen LogP contribution in [-0.4, -0.2) is 45.7 Å². The minimum atomic E-state index is -4.54. The maximum atomic E-state index is 12.8. The number of halogens is 3. The lowest BCUT2D eigenvalue weighted by Crippen LogP contribution is -2.48. The van der Waals surface area contributed by atoms with Crippen molar-refractivity contribution in [2.75, 3.05) is 6.61 Å². The highest BCUT2D eigenvalue weighted by Gasteiger charge is 2.35. The molecule has 2 aromatic rings. The molecule has 1 aliphatic heterocycles. The van der Waals surface area contributed by atoms with Crippen LogP contribution >= 0.6 is 0 Å². The third-order valence-corrected chi connectivity index (χ3v) is 4.16. The predicted molar refractivity (Wildman–Crippen MR) is 87.2 cm³/mol. The standard InChI is InChI=1S/C18H15F3N2O4/c19-18(20,21)10-27-15-8-12(5-6-22-15)16(24)23-9-13-4-2-1-3-11(13)7-14(23)17(25)26/h1-6,8,14H,7,9-10H2,(H,25,26). The molecular formula is C18H15F3N2O4. The van der Waals surface area contributed by atoms with Gasteiger partial charge < -0.3 is 14.7 Å². The van der Waals surface area contributed by atoms with Crippen molar-refractivity contribution in [1.29, 1.82) is 0 Å². The first-order valence-corrected chi connectivity index (χ1v) is 8.01. The van der Waals surface area contributed by atoms with E-state index in [1.54, 1.807) is 18.2 Å². The molecular weight excluding hydrogens is 365 g/mol. The van der Waals surface area contributed by atoms with Crippen molar-refractivity contribution in [3.05, 3.63) is 59.3 Å². The van der Waals surface area contributed by atoms with Gasteiger partial charge in [-0.05, 0) is 17.2 Å². The molecule has 0 radical (unpaired) electrons. The van der Waals surface area contributed by atoms with Crippen molar-refractivity contribution in [2.24, 2.45) is 0 Å². The minimum Gasteiger partial charge on any atom is -0.480 e. The molecule has 0 saturated heterocycles. The van der Waals surface area contributed by atoms with Crippen LogP contribution in [0.1, 0.15) is 21.5 Å². The largest absolute Gasteiger partial charge is 0.480 e. The number of benzene rings is 1. The second kappa shape index (κ2) is 7.26. The lowest BCUT2D eigenvalue weighted by molar-refractivity contribution is -0.154. The average molecular weight is 380 g/mol. The molecule has 27 heavy (non-hydrogen) atoms. The van der Waals surface area contributed by atoms with Crippen molar-refractivity contribution >= 4 is 11.9 Å². The van der Waals surface area contributed by atoms with E-state index in [0.29, 0.717) is 0 Å². The quantitative estimate of drug-likeness (QED) is 0.882. The van der Waals surface area contributed by atoms with Crippen molar-refractivity contribution in [3.8, 4) is 5.88 Å². The summed E-state index contributed by atoms with van der Waals surface area (Å²) < 4.78 is 41.4. The van der Waals surface area contributed by atoms with E-state index in [1.807, 2.05) is 6.07 Å². The van der Waals surface area contributed by atoms with Gasteiger partial charge in [-0.25, -0.2) is 9.78 Å². The number of carboxylic acid groups (broad SMARTS) is 1. The monoisotopic (exact) mass is 380 g/mol. The van der Waals surface area contributed by atoms with Gasteiger partial charge in [-0.1, -0.05) is 24.3 Å². The van der Waals surface area contributed by atoms with Crippen molar-refractivity contribution in [1.82, 2.24) is 9.88 Å². The average Bonchev–Trinajstić information content (AvgIpc) is 2.64. The lowest BCUT2D eigenvalue weighted by atomic mass is 9.93. The summed E-state index contributed by atoms with van der Waals surface area (Å²) in [7, 11) is 0. The maximum absolute atomic E-state index is 12.8. The van der Waals surface area contributed by atoms with Gasteiger partial charge in [-0.2, -0.15) is 13.2 Å². The van der Waals surface area contributed by atoms with E-state index in [0.717, 1.165) is 23.4 Å². The van der Waals surface area contributed by atoms with Crippen LogP contribution in [0.15, 0.2) is 42.6 Å². The molecule has 1 N–H and O–H groups in total. The zero-order valence-corrected chi connectivity index (χ0v) is 13.9. The number of hydrogen-bond acceptors (Lipinski definition) is 4. The van der Waals surface area contributed by atoms with Gasteiger partial charge in [-0.15, -0.1) is 0 Å². The molecule has 142 valence electrons. The number of nitrogens with zero attached hydrogens (tertiary/aromatic N) is 2. The van der Waals surface area contributed by atoms with Crippen LogP contribution < -0.4 is 4.74 Å². The number of aliphatic carboxylic acids is 1. The molecule has 3 rings (SSSR count). The summed E-state index contributed by atoms with van der Waals surface area (Å²) in [6.45, 7) is -1.44. The van der Waals surface area contributed by atoms with Gasteiger partial charge in [0.05, 0.1) is 0 Å². The fraction of sp³-hybridized carbons (Fsp3) is 0.278. The van der Waals surface area contributed by atoms with Crippen LogP contribution in [0.2, 0.25) is 0 Å². The fourth-order valence-corrected chi connectivity index (χ4v) is 2.90. The number of carboxylic acids is 1. The van der Waals surface area contributed by atoms with Crippen LogP contribution in [0.4, 0.5) is 13.2 Å². The SMILES string of the molecule is O=C(O)C1Cc2ccccc2CN1C(=O)c1ccnc(OCC(F)(F)F)c1. The normalized spacial score (nSPS) is 16.6. The van der Waals surface area contributed by atoms with E-state index in [1.165, 1.54) is 11.0 Å². The number of amides is 1. The molecule has 0 fully saturated rings. The molecule has 0 spiro atoms. The van der Waals surface area contributed by atoms with Crippen LogP contribution in [0.3, 0.4) is 0 Å². The molecule has 6 nitrogen and oxygen atoms in total. The van der Waals surface area contributed by atoms with E-state index < -0.39 is 30.7 Å².